The molecule has 0 saturated heterocycles. The van der Waals surface area contributed by atoms with Gasteiger partial charge in [-0.15, -0.1) is 0 Å². The smallest absolute Gasteiger partial charge is 0.201 e. The highest BCUT2D eigenvalue weighted by molar-refractivity contribution is 7.15. The summed E-state index contributed by atoms with van der Waals surface area (Å²) in [6.07, 6.45) is 0. The lowest BCUT2D eigenvalue weighted by atomic mass is 9.75. The van der Waals surface area contributed by atoms with Crippen molar-refractivity contribution in [1.82, 2.24) is 0 Å². The van der Waals surface area contributed by atoms with Crippen molar-refractivity contribution in [3.05, 3.63) is 131 Å². The van der Waals surface area contributed by atoms with E-state index < -0.39 is 0 Å². The molecule has 0 aliphatic carbocycles. The van der Waals surface area contributed by atoms with Crippen LogP contribution in [-0.4, -0.2) is 0 Å². The topological polar surface area (TPSA) is 71.0 Å². The van der Waals surface area contributed by atoms with Gasteiger partial charge in [-0.05, 0) is 81.3 Å². The van der Waals surface area contributed by atoms with Crippen LogP contribution in [-0.2, 0) is 21.7 Å². The highest BCUT2D eigenvalue weighted by Crippen LogP contribution is 2.52. The van der Waals surface area contributed by atoms with E-state index in [1.165, 1.54) is 11.1 Å². The van der Waals surface area contributed by atoms with Gasteiger partial charge in [0.15, 0.2) is 0 Å². The predicted molar refractivity (Wildman–Crippen MR) is 253 cm³/mol. The lowest BCUT2D eigenvalue weighted by Crippen LogP contribution is -2.20. The molecule has 0 aliphatic rings. The predicted octanol–water partition coefficient (Wildman–Crippen LogP) is 17.4. The minimum atomic E-state index is -0.315. The summed E-state index contributed by atoms with van der Waals surface area (Å²) in [7, 11) is -0.359. The first-order valence-corrected chi connectivity index (χ1v) is 22.3. The molecule has 0 aliphatic heterocycles. The fraction of sp³-hybridized carbons (Fsp3) is 0.308. The lowest BCUT2D eigenvalue weighted by Gasteiger charge is -2.32. The van der Waals surface area contributed by atoms with Crippen LogP contribution in [0.15, 0.2) is 126 Å². The van der Waals surface area contributed by atoms with Gasteiger partial charge in [0.2, 0.25) is 17.3 Å². The average molecular weight is 839 g/mol. The fourth-order valence-corrected chi connectivity index (χ4v) is 8.86. The van der Waals surface area contributed by atoms with E-state index >= 15 is 0 Å². The van der Waals surface area contributed by atoms with Gasteiger partial charge in [-0.25, -0.2) is 0 Å². The summed E-state index contributed by atoms with van der Waals surface area (Å²) in [5, 5.41) is 3.55. The van der Waals surface area contributed by atoms with Gasteiger partial charge in [-0.2, -0.15) is 0 Å². The van der Waals surface area contributed by atoms with Crippen molar-refractivity contribution in [2.45, 2.75) is 105 Å². The van der Waals surface area contributed by atoms with E-state index in [9.17, 15) is 0 Å². The molecule has 2 atom stereocenters. The van der Waals surface area contributed by atoms with Crippen molar-refractivity contribution in [1.29, 1.82) is 0 Å². The third kappa shape index (κ3) is 8.01. The Bertz CT molecular complexity index is 2780. The highest BCUT2D eigenvalue weighted by Gasteiger charge is 2.33. The first-order valence-electron chi connectivity index (χ1n) is 20.7. The van der Waals surface area contributed by atoms with E-state index in [-0.39, 0.29) is 39.0 Å². The van der Waals surface area contributed by atoms with Gasteiger partial charge >= 0.3 is 0 Å². The molecule has 0 bridgehead atoms. The van der Waals surface area contributed by atoms with Crippen LogP contribution in [0.1, 0.15) is 105 Å². The minimum Gasteiger partial charge on any atom is -0.456 e. The first kappa shape index (κ1) is 41.5. The maximum absolute atomic E-state index is 7.49. The molecule has 0 N–H and O–H groups in total. The van der Waals surface area contributed by atoms with Gasteiger partial charge < -0.3 is 26.3 Å². The number of hydrogen-bond donors (Lipinski definition) is 0. The molecular formula is C52H56O6P2. The third-order valence-electron chi connectivity index (χ3n) is 11.1. The molecule has 6 aromatic carbocycles. The van der Waals surface area contributed by atoms with Crippen molar-refractivity contribution in [2.75, 3.05) is 0 Å². The second-order valence-corrected chi connectivity index (χ2v) is 21.0. The zero-order valence-electron chi connectivity index (χ0n) is 36.8. The molecule has 2 aromatic heterocycles. The molecule has 0 saturated carbocycles. The molecule has 6 nitrogen and oxygen atoms in total. The van der Waals surface area contributed by atoms with Gasteiger partial charge in [0.25, 0.3) is 0 Å². The number of para-hydroxylation sites is 2. The molecule has 8 aromatic rings. The third-order valence-corrected chi connectivity index (χ3v) is 12.3. The summed E-state index contributed by atoms with van der Waals surface area (Å²) < 4.78 is 39.7. The van der Waals surface area contributed by atoms with Crippen molar-refractivity contribution in [3.63, 3.8) is 0 Å². The summed E-state index contributed by atoms with van der Waals surface area (Å²) in [6, 6.07) is 37.4. The molecule has 0 radical (unpaired) electrons. The number of benzene rings is 6. The average Bonchev–Trinajstić information content (AvgIpc) is 3.49. The van der Waals surface area contributed by atoms with Crippen LogP contribution in [0.2, 0.25) is 0 Å². The van der Waals surface area contributed by atoms with Crippen LogP contribution in [0.5, 0.6) is 23.0 Å². The summed E-state index contributed by atoms with van der Waals surface area (Å²) in [4.78, 5) is 0. The van der Waals surface area contributed by atoms with Gasteiger partial charge in [-0.3, -0.25) is 0 Å². The van der Waals surface area contributed by atoms with Crippen LogP contribution in [0.25, 0.3) is 55.0 Å². The van der Waals surface area contributed by atoms with E-state index in [2.05, 4.69) is 119 Å². The second-order valence-electron chi connectivity index (χ2n) is 19.8. The van der Waals surface area contributed by atoms with Gasteiger partial charge in [-0.1, -0.05) is 144 Å². The van der Waals surface area contributed by atoms with Crippen LogP contribution < -0.4 is 9.47 Å². The van der Waals surface area contributed by atoms with Crippen molar-refractivity contribution in [3.8, 4) is 34.1 Å². The molecule has 310 valence electrons. The Morgan fingerprint density at radius 2 is 0.733 bits per heavy atom. The Hall–Kier alpha value is -5.28. The maximum Gasteiger partial charge on any atom is 0.201 e. The lowest BCUT2D eigenvalue weighted by molar-refractivity contribution is 0.451. The second kappa shape index (κ2) is 15.3. The Labute approximate surface area is 356 Å². The van der Waals surface area contributed by atoms with E-state index in [1.807, 2.05) is 72.8 Å². The summed E-state index contributed by atoms with van der Waals surface area (Å²) in [5.74, 6) is 2.89. The maximum atomic E-state index is 7.49. The number of fused-ring (bicyclic) bond motifs is 6. The summed E-state index contributed by atoms with van der Waals surface area (Å²) in [5.41, 5.74) is 8.40. The zero-order chi connectivity index (χ0) is 42.8. The normalized spacial score (nSPS) is 12.9. The summed E-state index contributed by atoms with van der Waals surface area (Å²) in [6.45, 7) is 27.2. The van der Waals surface area contributed by atoms with Gasteiger partial charge in [0.1, 0.15) is 45.3 Å². The Morgan fingerprint density at radius 3 is 1.10 bits per heavy atom. The quantitative estimate of drug-likeness (QED) is 0.172. The molecule has 0 amide bonds. The van der Waals surface area contributed by atoms with Crippen molar-refractivity contribution < 1.29 is 26.3 Å². The zero-order valence-corrected chi connectivity index (χ0v) is 38.8. The standard InChI is InChI=1S/C52H56O6P2/c1-49(2,3)31-27-35(47(37(29-31)51(7,8)9)53-41-23-17-25-43-45(41)33-19-13-15-21-39(33)55-59-57-43)36-28-32(50(4,5)6)30-38(52(10,11)12)48(36)54-42-24-18-26-44-46(42)34-20-14-16-22-40(34)56-60-58-44/h13-30,59-60H,1-12H3. The molecule has 8 heteroatoms. The number of ether oxygens (including phenoxy) is 2. The molecule has 0 fully saturated rings. The minimum absolute atomic E-state index is 0.180. The van der Waals surface area contributed by atoms with Crippen molar-refractivity contribution in [2.24, 2.45) is 0 Å². The first-order chi connectivity index (χ1) is 28.3. The highest BCUT2D eigenvalue weighted by atomic mass is 31.1. The van der Waals surface area contributed by atoms with E-state index in [0.29, 0.717) is 22.7 Å². The Morgan fingerprint density at radius 1 is 0.383 bits per heavy atom. The van der Waals surface area contributed by atoms with Gasteiger partial charge in [0.05, 0.1) is 10.8 Å². The molecule has 0 spiro atoms. The molecular weight excluding hydrogens is 783 g/mol. The number of hydrogen-bond acceptors (Lipinski definition) is 6. The fourth-order valence-electron chi connectivity index (χ4n) is 7.72. The van der Waals surface area contributed by atoms with Crippen molar-refractivity contribution >= 4 is 61.2 Å². The van der Waals surface area contributed by atoms with E-state index in [4.69, 9.17) is 26.3 Å². The monoisotopic (exact) mass is 838 g/mol. The van der Waals surface area contributed by atoms with E-state index in [1.54, 1.807) is 0 Å². The van der Waals surface area contributed by atoms with Crippen LogP contribution in [0.3, 0.4) is 0 Å². The molecule has 2 heterocycles. The molecule has 8 rings (SSSR count). The SMILES string of the molecule is CC(C)(C)c1cc(-c2cc(C(C)(C)C)cc(C(C)(C)C)c2Oc2cccc3o[pH]oc4ccccc4c23)c(Oc2cccc3o[pH]oc4ccccc4c23)c(C(C)(C)C)c1. The molecule has 2 unspecified atom stereocenters. The van der Waals surface area contributed by atoms with E-state index in [0.717, 1.165) is 66.5 Å². The number of rotatable bonds is 5. The van der Waals surface area contributed by atoms with Gasteiger partial charge in [0, 0.05) is 33.0 Å². The van der Waals surface area contributed by atoms with Crippen LogP contribution in [0, 0.1) is 0 Å². The molecule has 60 heavy (non-hydrogen) atoms. The largest absolute Gasteiger partial charge is 0.456 e. The Balaban J connectivity index is 1.52. The van der Waals surface area contributed by atoms with Crippen LogP contribution >= 0.6 is 17.3 Å². The van der Waals surface area contributed by atoms with Crippen LogP contribution in [0.4, 0.5) is 0 Å². The summed E-state index contributed by atoms with van der Waals surface area (Å²) >= 11 is 0. The Kier molecular flexibility index (Phi) is 10.6.